The number of hydrogen-bond acceptors (Lipinski definition) is 2. The molecular weight excluding hydrogens is 224 g/mol. The van der Waals surface area contributed by atoms with Gasteiger partial charge in [-0.2, -0.15) is 0 Å². The molecule has 1 aromatic carbocycles. The van der Waals surface area contributed by atoms with E-state index in [1.165, 1.54) is 18.4 Å². The predicted octanol–water partition coefficient (Wildman–Crippen LogP) is 3.36. The monoisotopic (exact) mass is 229 g/mol. The third-order valence-electron chi connectivity index (χ3n) is 1.87. The standard InChI is InChI=1S/C10H6ClF2NO/c11-4-6-5-15-10(14-6)7-2-1-3-8(12)9(7)13/h1-3,5H,4H2. The minimum absolute atomic E-state index is 0.00799. The van der Waals surface area contributed by atoms with Gasteiger partial charge in [-0.1, -0.05) is 6.07 Å². The number of halogens is 3. The third-order valence-corrected chi connectivity index (χ3v) is 2.14. The molecule has 0 atom stereocenters. The molecule has 0 bridgehead atoms. The van der Waals surface area contributed by atoms with Crippen molar-refractivity contribution in [3.63, 3.8) is 0 Å². The maximum atomic E-state index is 13.3. The van der Waals surface area contributed by atoms with Gasteiger partial charge in [0.25, 0.3) is 0 Å². The summed E-state index contributed by atoms with van der Waals surface area (Å²) in [7, 11) is 0. The Balaban J connectivity index is 2.49. The van der Waals surface area contributed by atoms with Crippen LogP contribution in [-0.4, -0.2) is 4.98 Å². The summed E-state index contributed by atoms with van der Waals surface area (Å²) in [4.78, 5) is 3.90. The van der Waals surface area contributed by atoms with Gasteiger partial charge in [0.15, 0.2) is 11.6 Å². The Morgan fingerprint density at radius 3 is 2.80 bits per heavy atom. The van der Waals surface area contributed by atoms with Gasteiger partial charge in [0, 0.05) is 0 Å². The fourth-order valence-electron chi connectivity index (χ4n) is 1.16. The molecule has 0 radical (unpaired) electrons. The SMILES string of the molecule is Fc1cccc(-c2nc(CCl)co2)c1F. The van der Waals surface area contributed by atoms with Crippen LogP contribution in [0.4, 0.5) is 8.78 Å². The van der Waals surface area contributed by atoms with Crippen molar-refractivity contribution in [2.24, 2.45) is 0 Å². The molecule has 0 N–H and O–H groups in total. The molecule has 15 heavy (non-hydrogen) atoms. The van der Waals surface area contributed by atoms with E-state index >= 15 is 0 Å². The highest BCUT2D eigenvalue weighted by molar-refractivity contribution is 6.16. The van der Waals surface area contributed by atoms with Crippen molar-refractivity contribution in [2.75, 3.05) is 0 Å². The molecule has 1 aromatic heterocycles. The lowest BCUT2D eigenvalue weighted by molar-refractivity contribution is 0.502. The minimum Gasteiger partial charge on any atom is -0.444 e. The van der Waals surface area contributed by atoms with Gasteiger partial charge in [-0.05, 0) is 12.1 Å². The Hall–Kier alpha value is -1.42. The Morgan fingerprint density at radius 2 is 2.13 bits per heavy atom. The van der Waals surface area contributed by atoms with Crippen LogP contribution >= 0.6 is 11.6 Å². The molecule has 0 aliphatic heterocycles. The van der Waals surface area contributed by atoms with Gasteiger partial charge in [-0.25, -0.2) is 13.8 Å². The molecule has 0 aliphatic rings. The van der Waals surface area contributed by atoms with Crippen molar-refractivity contribution < 1.29 is 13.2 Å². The molecule has 0 amide bonds. The Labute approximate surface area is 89.5 Å². The number of alkyl halides is 1. The maximum Gasteiger partial charge on any atom is 0.229 e. The molecule has 2 rings (SSSR count). The van der Waals surface area contributed by atoms with Crippen LogP contribution in [-0.2, 0) is 5.88 Å². The molecule has 0 unspecified atom stereocenters. The zero-order chi connectivity index (χ0) is 10.8. The van der Waals surface area contributed by atoms with Crippen LogP contribution in [0, 0.1) is 11.6 Å². The first-order chi connectivity index (χ1) is 7.22. The average molecular weight is 230 g/mol. The molecule has 0 saturated heterocycles. The van der Waals surface area contributed by atoms with E-state index in [-0.39, 0.29) is 17.3 Å². The minimum atomic E-state index is -0.972. The fraction of sp³-hybridized carbons (Fsp3) is 0.100. The van der Waals surface area contributed by atoms with Crippen LogP contribution in [0.3, 0.4) is 0 Å². The smallest absolute Gasteiger partial charge is 0.229 e. The maximum absolute atomic E-state index is 13.3. The van der Waals surface area contributed by atoms with Gasteiger partial charge >= 0.3 is 0 Å². The Kier molecular flexibility index (Phi) is 2.68. The van der Waals surface area contributed by atoms with E-state index in [2.05, 4.69) is 4.98 Å². The van der Waals surface area contributed by atoms with Crippen LogP contribution in [0.25, 0.3) is 11.5 Å². The highest BCUT2D eigenvalue weighted by atomic mass is 35.5. The predicted molar refractivity (Wildman–Crippen MR) is 51.4 cm³/mol. The third kappa shape index (κ3) is 1.85. The van der Waals surface area contributed by atoms with E-state index < -0.39 is 11.6 Å². The second-order valence-corrected chi connectivity index (χ2v) is 3.15. The lowest BCUT2D eigenvalue weighted by Gasteiger charge is -1.97. The van der Waals surface area contributed by atoms with E-state index in [9.17, 15) is 8.78 Å². The Morgan fingerprint density at radius 1 is 1.33 bits per heavy atom. The van der Waals surface area contributed by atoms with E-state index in [4.69, 9.17) is 16.0 Å². The number of oxazole rings is 1. The molecule has 5 heteroatoms. The summed E-state index contributed by atoms with van der Waals surface area (Å²) >= 11 is 5.51. The molecular formula is C10H6ClF2NO. The van der Waals surface area contributed by atoms with E-state index in [0.717, 1.165) is 6.07 Å². The highest BCUT2D eigenvalue weighted by Crippen LogP contribution is 2.23. The van der Waals surface area contributed by atoms with Crippen LogP contribution in [0.15, 0.2) is 28.9 Å². The van der Waals surface area contributed by atoms with Crippen molar-refractivity contribution in [3.05, 3.63) is 41.8 Å². The quantitative estimate of drug-likeness (QED) is 0.738. The van der Waals surface area contributed by atoms with Crippen molar-refractivity contribution in [1.82, 2.24) is 4.98 Å². The fourth-order valence-corrected chi connectivity index (χ4v) is 1.28. The summed E-state index contributed by atoms with van der Waals surface area (Å²) in [5.41, 5.74) is 0.474. The largest absolute Gasteiger partial charge is 0.444 e. The van der Waals surface area contributed by atoms with E-state index in [1.807, 2.05) is 0 Å². The number of hydrogen-bond donors (Lipinski definition) is 0. The molecule has 78 valence electrons. The number of nitrogens with zero attached hydrogens (tertiary/aromatic N) is 1. The molecule has 0 fully saturated rings. The topological polar surface area (TPSA) is 26.0 Å². The zero-order valence-electron chi connectivity index (χ0n) is 7.51. The van der Waals surface area contributed by atoms with Crippen LogP contribution < -0.4 is 0 Å². The van der Waals surface area contributed by atoms with Crippen molar-refractivity contribution >= 4 is 11.6 Å². The zero-order valence-corrected chi connectivity index (χ0v) is 8.26. The first-order valence-electron chi connectivity index (χ1n) is 4.17. The van der Waals surface area contributed by atoms with Gasteiger partial charge < -0.3 is 4.42 Å². The second-order valence-electron chi connectivity index (χ2n) is 2.88. The molecule has 0 spiro atoms. The summed E-state index contributed by atoms with van der Waals surface area (Å²) < 4.78 is 31.2. The van der Waals surface area contributed by atoms with Gasteiger partial charge in [0.1, 0.15) is 6.26 Å². The van der Waals surface area contributed by atoms with Crippen molar-refractivity contribution in [1.29, 1.82) is 0 Å². The van der Waals surface area contributed by atoms with Gasteiger partial charge in [-0.3, -0.25) is 0 Å². The molecule has 0 aliphatic carbocycles. The van der Waals surface area contributed by atoms with E-state index in [0.29, 0.717) is 5.69 Å². The molecule has 2 aromatic rings. The van der Waals surface area contributed by atoms with Crippen molar-refractivity contribution in [2.45, 2.75) is 5.88 Å². The lowest BCUT2D eigenvalue weighted by Crippen LogP contribution is -1.89. The molecule has 1 heterocycles. The van der Waals surface area contributed by atoms with E-state index in [1.54, 1.807) is 0 Å². The average Bonchev–Trinajstić information content (AvgIpc) is 2.70. The van der Waals surface area contributed by atoms with Crippen molar-refractivity contribution in [3.8, 4) is 11.5 Å². The lowest BCUT2D eigenvalue weighted by atomic mass is 10.2. The summed E-state index contributed by atoms with van der Waals surface area (Å²) in [6.07, 6.45) is 1.31. The van der Waals surface area contributed by atoms with Gasteiger partial charge in [0.05, 0.1) is 17.1 Å². The molecule has 0 saturated carbocycles. The van der Waals surface area contributed by atoms with Gasteiger partial charge in [-0.15, -0.1) is 11.6 Å². The second kappa shape index (κ2) is 3.98. The normalized spacial score (nSPS) is 10.6. The van der Waals surface area contributed by atoms with Crippen LogP contribution in [0.2, 0.25) is 0 Å². The first kappa shape index (κ1) is 10.1. The number of benzene rings is 1. The van der Waals surface area contributed by atoms with Gasteiger partial charge in [0.2, 0.25) is 5.89 Å². The summed E-state index contributed by atoms with van der Waals surface area (Å²) in [6.45, 7) is 0. The summed E-state index contributed by atoms with van der Waals surface area (Å²) in [5.74, 6) is -1.71. The molecule has 2 nitrogen and oxygen atoms in total. The first-order valence-corrected chi connectivity index (χ1v) is 4.70. The number of rotatable bonds is 2. The number of aromatic nitrogens is 1. The van der Waals surface area contributed by atoms with Crippen LogP contribution in [0.5, 0.6) is 0 Å². The Bertz CT molecular complexity index is 484. The summed E-state index contributed by atoms with van der Waals surface area (Å²) in [6, 6.07) is 3.81. The summed E-state index contributed by atoms with van der Waals surface area (Å²) in [5, 5.41) is 0. The van der Waals surface area contributed by atoms with Crippen LogP contribution in [0.1, 0.15) is 5.69 Å². The highest BCUT2D eigenvalue weighted by Gasteiger charge is 2.14.